The number of hydrogen-bond acceptors (Lipinski definition) is 5. The van der Waals surface area contributed by atoms with Gasteiger partial charge in [0.05, 0.1) is 21.8 Å². The van der Waals surface area contributed by atoms with Gasteiger partial charge in [0.1, 0.15) is 6.07 Å². The molecule has 6 heteroatoms. The van der Waals surface area contributed by atoms with E-state index in [-0.39, 0.29) is 22.9 Å². The highest BCUT2D eigenvalue weighted by Crippen LogP contribution is 2.24. The second-order valence-electron chi connectivity index (χ2n) is 5.31. The Bertz CT molecular complexity index is 535. The molecule has 0 bridgehead atoms. The van der Waals surface area contributed by atoms with Crippen LogP contribution in [0.1, 0.15) is 32.8 Å². The van der Waals surface area contributed by atoms with Crippen LogP contribution >= 0.6 is 0 Å². The molecule has 1 aromatic rings. The summed E-state index contributed by atoms with van der Waals surface area (Å²) in [5.74, 6) is 0. The van der Waals surface area contributed by atoms with Gasteiger partial charge in [0.25, 0.3) is 5.69 Å². The van der Waals surface area contributed by atoms with Crippen LogP contribution in [-0.2, 0) is 4.74 Å². The predicted octanol–water partition coefficient (Wildman–Crippen LogP) is 3.08. The number of ether oxygens (including phenoxy) is 1. The standard InChI is InChI=1S/C14H19N3O3/c1-10(8-14(2,3)20-4)16-13-6-5-12(17(18)19)7-11(13)9-15/h5-7,10,16H,8H2,1-4H3. The van der Waals surface area contributed by atoms with Gasteiger partial charge in [-0.2, -0.15) is 5.26 Å². The Kier molecular flexibility index (Phi) is 5.06. The molecule has 0 heterocycles. The molecule has 0 saturated heterocycles. The summed E-state index contributed by atoms with van der Waals surface area (Å²) >= 11 is 0. The third kappa shape index (κ3) is 4.21. The summed E-state index contributed by atoms with van der Waals surface area (Å²) in [6.45, 7) is 5.93. The molecule has 0 fully saturated rings. The first-order chi connectivity index (χ1) is 9.29. The summed E-state index contributed by atoms with van der Waals surface area (Å²) < 4.78 is 5.36. The zero-order valence-electron chi connectivity index (χ0n) is 12.1. The Morgan fingerprint density at radius 3 is 2.70 bits per heavy atom. The molecule has 6 nitrogen and oxygen atoms in total. The molecule has 0 aliphatic rings. The first kappa shape index (κ1) is 15.9. The van der Waals surface area contributed by atoms with Crippen LogP contribution in [0.5, 0.6) is 0 Å². The number of nitro groups is 1. The number of nitriles is 1. The van der Waals surface area contributed by atoms with E-state index in [2.05, 4.69) is 5.32 Å². The highest BCUT2D eigenvalue weighted by atomic mass is 16.6. The minimum absolute atomic E-state index is 0.0681. The van der Waals surface area contributed by atoms with Crippen molar-refractivity contribution in [2.24, 2.45) is 0 Å². The van der Waals surface area contributed by atoms with Gasteiger partial charge < -0.3 is 10.1 Å². The Labute approximate surface area is 118 Å². The summed E-state index contributed by atoms with van der Waals surface area (Å²) in [5.41, 5.74) is 0.496. The van der Waals surface area contributed by atoms with Crippen molar-refractivity contribution >= 4 is 11.4 Å². The second-order valence-corrected chi connectivity index (χ2v) is 5.31. The van der Waals surface area contributed by atoms with Gasteiger partial charge in [-0.05, 0) is 33.3 Å². The summed E-state index contributed by atoms with van der Waals surface area (Å²) in [7, 11) is 1.65. The van der Waals surface area contributed by atoms with Gasteiger partial charge >= 0.3 is 0 Å². The Morgan fingerprint density at radius 2 is 2.20 bits per heavy atom. The molecule has 20 heavy (non-hydrogen) atoms. The summed E-state index contributed by atoms with van der Waals surface area (Å²) in [4.78, 5) is 10.2. The van der Waals surface area contributed by atoms with Crippen molar-refractivity contribution in [3.63, 3.8) is 0 Å². The number of benzene rings is 1. The molecular weight excluding hydrogens is 258 g/mol. The summed E-state index contributed by atoms with van der Waals surface area (Å²) in [6, 6.07) is 6.27. The van der Waals surface area contributed by atoms with Crippen LogP contribution in [0.2, 0.25) is 0 Å². The maximum atomic E-state index is 10.7. The van der Waals surface area contributed by atoms with Crippen molar-refractivity contribution in [3.8, 4) is 6.07 Å². The van der Waals surface area contributed by atoms with Crippen LogP contribution in [0.3, 0.4) is 0 Å². The second kappa shape index (κ2) is 6.35. The number of rotatable bonds is 6. The molecule has 0 aromatic heterocycles. The zero-order valence-corrected chi connectivity index (χ0v) is 12.1. The zero-order chi connectivity index (χ0) is 15.3. The fourth-order valence-corrected chi connectivity index (χ4v) is 2.00. The molecule has 1 atom stereocenters. The lowest BCUT2D eigenvalue weighted by molar-refractivity contribution is -0.384. The van der Waals surface area contributed by atoms with Crippen molar-refractivity contribution in [2.45, 2.75) is 38.8 Å². The van der Waals surface area contributed by atoms with E-state index in [9.17, 15) is 10.1 Å². The quantitative estimate of drug-likeness (QED) is 0.637. The largest absolute Gasteiger partial charge is 0.381 e. The molecule has 0 aliphatic heterocycles. The van der Waals surface area contributed by atoms with Crippen LogP contribution < -0.4 is 5.32 Å². The average Bonchev–Trinajstić information content (AvgIpc) is 2.38. The van der Waals surface area contributed by atoms with E-state index in [4.69, 9.17) is 10.00 Å². The number of hydrogen-bond donors (Lipinski definition) is 1. The summed E-state index contributed by atoms with van der Waals surface area (Å²) in [5, 5.41) is 23.0. The summed E-state index contributed by atoms with van der Waals surface area (Å²) in [6.07, 6.45) is 0.741. The van der Waals surface area contributed by atoms with Gasteiger partial charge in [0, 0.05) is 25.3 Å². The number of nitrogens with one attached hydrogen (secondary N) is 1. The Balaban J connectivity index is 2.88. The van der Waals surface area contributed by atoms with Gasteiger partial charge in [-0.15, -0.1) is 0 Å². The first-order valence-corrected chi connectivity index (χ1v) is 6.29. The molecule has 1 rings (SSSR count). The van der Waals surface area contributed by atoms with Crippen molar-refractivity contribution in [2.75, 3.05) is 12.4 Å². The number of nitro benzene ring substituents is 1. The van der Waals surface area contributed by atoms with E-state index < -0.39 is 4.92 Å². The van der Waals surface area contributed by atoms with Gasteiger partial charge in [-0.3, -0.25) is 10.1 Å². The normalized spacial score (nSPS) is 12.6. The van der Waals surface area contributed by atoms with E-state index >= 15 is 0 Å². The maximum absolute atomic E-state index is 10.7. The van der Waals surface area contributed by atoms with E-state index in [1.165, 1.54) is 12.1 Å². The van der Waals surface area contributed by atoms with E-state index in [0.29, 0.717) is 5.69 Å². The van der Waals surface area contributed by atoms with Crippen molar-refractivity contribution in [1.82, 2.24) is 0 Å². The van der Waals surface area contributed by atoms with Crippen LogP contribution in [0.4, 0.5) is 11.4 Å². The maximum Gasteiger partial charge on any atom is 0.270 e. The minimum atomic E-state index is -0.512. The van der Waals surface area contributed by atoms with Gasteiger partial charge in [0.2, 0.25) is 0 Å². The highest BCUT2D eigenvalue weighted by Gasteiger charge is 2.21. The first-order valence-electron chi connectivity index (χ1n) is 6.29. The molecule has 0 aliphatic carbocycles. The molecule has 0 amide bonds. The average molecular weight is 277 g/mol. The van der Waals surface area contributed by atoms with E-state index in [1.54, 1.807) is 13.2 Å². The lowest BCUT2D eigenvalue weighted by atomic mass is 9.99. The van der Waals surface area contributed by atoms with Gasteiger partial charge in [-0.1, -0.05) is 0 Å². The topological polar surface area (TPSA) is 88.2 Å². The molecule has 1 aromatic carbocycles. The molecule has 108 valence electrons. The van der Waals surface area contributed by atoms with Crippen molar-refractivity contribution in [3.05, 3.63) is 33.9 Å². The fraction of sp³-hybridized carbons (Fsp3) is 0.500. The van der Waals surface area contributed by atoms with Crippen LogP contribution in [0.25, 0.3) is 0 Å². The van der Waals surface area contributed by atoms with Crippen LogP contribution in [0, 0.1) is 21.4 Å². The number of nitrogens with zero attached hydrogens (tertiary/aromatic N) is 2. The molecule has 0 radical (unpaired) electrons. The van der Waals surface area contributed by atoms with Crippen molar-refractivity contribution in [1.29, 1.82) is 5.26 Å². The third-order valence-corrected chi connectivity index (χ3v) is 3.09. The van der Waals surface area contributed by atoms with Crippen LogP contribution in [-0.4, -0.2) is 23.7 Å². The molecule has 1 unspecified atom stereocenters. The minimum Gasteiger partial charge on any atom is -0.381 e. The highest BCUT2D eigenvalue weighted by molar-refractivity contribution is 5.61. The van der Waals surface area contributed by atoms with E-state index in [1.807, 2.05) is 26.8 Å². The Morgan fingerprint density at radius 1 is 1.55 bits per heavy atom. The third-order valence-electron chi connectivity index (χ3n) is 3.09. The lowest BCUT2D eigenvalue weighted by Gasteiger charge is -2.27. The van der Waals surface area contributed by atoms with Gasteiger partial charge in [-0.25, -0.2) is 0 Å². The van der Waals surface area contributed by atoms with Gasteiger partial charge in [0.15, 0.2) is 0 Å². The number of anilines is 1. The predicted molar refractivity (Wildman–Crippen MR) is 76.6 cm³/mol. The fourth-order valence-electron chi connectivity index (χ4n) is 2.00. The molecule has 0 spiro atoms. The molecule has 1 N–H and O–H groups in total. The lowest BCUT2D eigenvalue weighted by Crippen LogP contribution is -2.31. The smallest absolute Gasteiger partial charge is 0.270 e. The number of non-ortho nitro benzene ring substituents is 1. The SMILES string of the molecule is COC(C)(C)CC(C)Nc1ccc([N+](=O)[O-])cc1C#N. The number of methoxy groups -OCH3 is 1. The molecular formula is C14H19N3O3. The van der Waals surface area contributed by atoms with Crippen LogP contribution in [0.15, 0.2) is 18.2 Å². The monoisotopic (exact) mass is 277 g/mol. The molecule has 0 saturated carbocycles. The van der Waals surface area contributed by atoms with Crippen molar-refractivity contribution < 1.29 is 9.66 Å². The van der Waals surface area contributed by atoms with E-state index in [0.717, 1.165) is 6.42 Å². The Hall–Kier alpha value is -2.13.